The molecule has 0 saturated carbocycles. The van der Waals surface area contributed by atoms with Crippen LogP contribution in [-0.4, -0.2) is 98.6 Å². The second-order valence-corrected chi connectivity index (χ2v) is 8.26. The Morgan fingerprint density at radius 2 is 1.90 bits per heavy atom. The lowest BCUT2D eigenvalue weighted by atomic mass is 10.2. The highest BCUT2D eigenvalue weighted by atomic mass is 127. The third-order valence-electron chi connectivity index (χ3n) is 5.70. The van der Waals surface area contributed by atoms with Crippen molar-refractivity contribution in [1.29, 1.82) is 0 Å². The molecule has 8 heteroatoms. The summed E-state index contributed by atoms with van der Waals surface area (Å²) in [5.41, 5.74) is 0. The Balaban J connectivity index is 0.00000841. The van der Waals surface area contributed by atoms with Crippen LogP contribution in [0, 0.1) is 0 Å². The summed E-state index contributed by atoms with van der Waals surface area (Å²) in [6.07, 6.45) is 5.41. The lowest BCUT2D eigenvalue weighted by Crippen LogP contribution is -2.43. The summed E-state index contributed by atoms with van der Waals surface area (Å²) in [7, 11) is 3.70. The van der Waals surface area contributed by atoms with Crippen LogP contribution in [0.5, 0.6) is 0 Å². The Bertz CT molecular complexity index is 484. The summed E-state index contributed by atoms with van der Waals surface area (Å²) in [5.74, 6) is 1.14. The van der Waals surface area contributed by atoms with Gasteiger partial charge in [0.25, 0.3) is 0 Å². The normalized spacial score (nSPS) is 18.2. The maximum absolute atomic E-state index is 12.3. The van der Waals surface area contributed by atoms with Crippen LogP contribution in [0.2, 0.25) is 0 Å². The van der Waals surface area contributed by atoms with Crippen LogP contribution in [0.4, 0.5) is 0 Å². The number of halogens is 1. The van der Waals surface area contributed by atoms with Gasteiger partial charge < -0.3 is 20.4 Å². The molecule has 1 heterocycles. The molecule has 0 radical (unpaired) electrons. The van der Waals surface area contributed by atoms with Crippen LogP contribution in [0.3, 0.4) is 0 Å². The van der Waals surface area contributed by atoms with Crippen molar-refractivity contribution in [2.24, 2.45) is 4.99 Å². The number of likely N-dealkylation sites (N-methyl/N-ethyl adjacent to an activating group) is 1. The van der Waals surface area contributed by atoms with E-state index in [0.717, 1.165) is 77.5 Å². The number of amides is 1. The van der Waals surface area contributed by atoms with E-state index in [-0.39, 0.29) is 35.9 Å². The quantitative estimate of drug-likeness (QED) is 0.163. The standard InChI is InChI=1S/C22H46N6O.HI/c1-7-23-22(25-19(4)13-10-16-27(8-2)9-3)24-15-12-18-28-17-11-14-20(28)21(29)26(5)6;/h19-20H,7-18H2,1-6H3,(H2,23,24,25);1H. The molecule has 0 bridgehead atoms. The van der Waals surface area contributed by atoms with E-state index in [9.17, 15) is 4.79 Å². The van der Waals surface area contributed by atoms with Crippen molar-refractivity contribution >= 4 is 35.8 Å². The smallest absolute Gasteiger partial charge is 0.239 e. The van der Waals surface area contributed by atoms with Gasteiger partial charge in [0.2, 0.25) is 5.91 Å². The minimum absolute atomic E-state index is 0. The second-order valence-electron chi connectivity index (χ2n) is 8.26. The molecule has 2 unspecified atom stereocenters. The fraction of sp³-hybridized carbons (Fsp3) is 0.909. The van der Waals surface area contributed by atoms with Crippen LogP contribution >= 0.6 is 24.0 Å². The molecule has 0 aliphatic carbocycles. The molecular weight excluding hydrogens is 491 g/mol. The van der Waals surface area contributed by atoms with Crippen molar-refractivity contribution in [2.45, 2.75) is 71.9 Å². The molecule has 0 aromatic rings. The predicted molar refractivity (Wildman–Crippen MR) is 139 cm³/mol. The molecule has 1 fully saturated rings. The highest BCUT2D eigenvalue weighted by Crippen LogP contribution is 2.18. The molecule has 1 aliphatic rings. The van der Waals surface area contributed by atoms with Gasteiger partial charge in [0, 0.05) is 39.8 Å². The highest BCUT2D eigenvalue weighted by molar-refractivity contribution is 14.0. The molecule has 178 valence electrons. The molecule has 1 rings (SSSR count). The number of hydrogen-bond acceptors (Lipinski definition) is 4. The molecule has 1 amide bonds. The van der Waals surface area contributed by atoms with Crippen LogP contribution in [0.25, 0.3) is 0 Å². The van der Waals surface area contributed by atoms with Gasteiger partial charge in [-0.1, -0.05) is 13.8 Å². The van der Waals surface area contributed by atoms with Crippen molar-refractivity contribution < 1.29 is 4.79 Å². The van der Waals surface area contributed by atoms with E-state index in [2.05, 4.69) is 48.1 Å². The molecule has 0 spiro atoms. The highest BCUT2D eigenvalue weighted by Gasteiger charge is 2.30. The first-order valence-electron chi connectivity index (χ1n) is 11.6. The third-order valence-corrected chi connectivity index (χ3v) is 5.70. The van der Waals surface area contributed by atoms with Gasteiger partial charge in [-0.15, -0.1) is 24.0 Å². The Kier molecular flexibility index (Phi) is 16.7. The second kappa shape index (κ2) is 17.0. The maximum atomic E-state index is 12.3. The average molecular weight is 539 g/mol. The summed E-state index contributed by atoms with van der Waals surface area (Å²) in [6, 6.07) is 0.468. The van der Waals surface area contributed by atoms with Crippen molar-refractivity contribution in [3.63, 3.8) is 0 Å². The third kappa shape index (κ3) is 11.1. The van der Waals surface area contributed by atoms with E-state index in [1.54, 1.807) is 4.90 Å². The van der Waals surface area contributed by atoms with E-state index >= 15 is 0 Å². The van der Waals surface area contributed by atoms with Gasteiger partial charge in [0.15, 0.2) is 5.96 Å². The molecule has 0 aromatic heterocycles. The van der Waals surface area contributed by atoms with Crippen molar-refractivity contribution in [2.75, 3.05) is 59.9 Å². The van der Waals surface area contributed by atoms with Gasteiger partial charge in [-0.05, 0) is 72.1 Å². The van der Waals surface area contributed by atoms with Gasteiger partial charge in [0.1, 0.15) is 0 Å². The van der Waals surface area contributed by atoms with Crippen molar-refractivity contribution in [1.82, 2.24) is 25.3 Å². The van der Waals surface area contributed by atoms with Crippen molar-refractivity contribution in [3.05, 3.63) is 0 Å². The van der Waals surface area contributed by atoms with Gasteiger partial charge in [-0.2, -0.15) is 0 Å². The number of carbonyl (C=O) groups excluding carboxylic acids is 1. The summed E-state index contributed by atoms with van der Waals surface area (Å²) in [5, 5.41) is 6.90. The molecule has 0 aromatic carbocycles. The van der Waals surface area contributed by atoms with Crippen molar-refractivity contribution in [3.8, 4) is 0 Å². The molecule has 1 aliphatic heterocycles. The van der Waals surface area contributed by atoms with E-state index in [4.69, 9.17) is 4.99 Å². The van der Waals surface area contributed by atoms with Crippen LogP contribution < -0.4 is 10.6 Å². The number of nitrogens with zero attached hydrogens (tertiary/aromatic N) is 4. The summed E-state index contributed by atoms with van der Waals surface area (Å²) in [6.45, 7) is 15.8. The van der Waals surface area contributed by atoms with Crippen LogP contribution in [0.1, 0.15) is 59.8 Å². The number of carbonyl (C=O) groups is 1. The molecule has 30 heavy (non-hydrogen) atoms. The first-order valence-corrected chi connectivity index (χ1v) is 11.6. The van der Waals surface area contributed by atoms with Gasteiger partial charge in [0.05, 0.1) is 6.04 Å². The van der Waals surface area contributed by atoms with Gasteiger partial charge in [-0.25, -0.2) is 0 Å². The van der Waals surface area contributed by atoms with Gasteiger partial charge >= 0.3 is 0 Å². The molecule has 7 nitrogen and oxygen atoms in total. The van der Waals surface area contributed by atoms with E-state index < -0.39 is 0 Å². The number of hydrogen-bond donors (Lipinski definition) is 2. The first-order chi connectivity index (χ1) is 13.9. The monoisotopic (exact) mass is 538 g/mol. The summed E-state index contributed by atoms with van der Waals surface area (Å²) < 4.78 is 0. The number of guanidine groups is 1. The zero-order valence-electron chi connectivity index (χ0n) is 20.2. The fourth-order valence-corrected chi connectivity index (χ4v) is 3.92. The zero-order chi connectivity index (χ0) is 21.6. The molecule has 1 saturated heterocycles. The maximum Gasteiger partial charge on any atom is 0.239 e. The lowest BCUT2D eigenvalue weighted by Gasteiger charge is -2.25. The number of rotatable bonds is 13. The van der Waals surface area contributed by atoms with Gasteiger partial charge in [-0.3, -0.25) is 14.7 Å². The lowest BCUT2D eigenvalue weighted by molar-refractivity contribution is -0.133. The first kappa shape index (κ1) is 29.4. The topological polar surface area (TPSA) is 63.2 Å². The molecule has 2 N–H and O–H groups in total. The Hall–Kier alpha value is -0.610. The minimum atomic E-state index is 0. The van der Waals surface area contributed by atoms with Crippen LogP contribution in [0.15, 0.2) is 4.99 Å². The largest absolute Gasteiger partial charge is 0.357 e. The van der Waals surface area contributed by atoms with Crippen LogP contribution in [-0.2, 0) is 4.79 Å². The Morgan fingerprint density at radius 3 is 2.50 bits per heavy atom. The minimum Gasteiger partial charge on any atom is -0.357 e. The number of aliphatic imine (C=N–C) groups is 1. The van der Waals surface area contributed by atoms with E-state index in [1.807, 2.05) is 14.1 Å². The molecular formula is C22H47IN6O. The van der Waals surface area contributed by atoms with E-state index in [0.29, 0.717) is 6.04 Å². The SMILES string of the molecule is CCNC(=NCCCN1CCCC1C(=O)N(C)C)NC(C)CCCN(CC)CC.I. The fourth-order valence-electron chi connectivity index (χ4n) is 3.92. The summed E-state index contributed by atoms with van der Waals surface area (Å²) >= 11 is 0. The average Bonchev–Trinajstić information content (AvgIpc) is 3.16. The number of likely N-dealkylation sites (tertiary alicyclic amines) is 1. The molecule has 2 atom stereocenters. The predicted octanol–water partition coefficient (Wildman–Crippen LogP) is 2.61. The number of nitrogens with one attached hydrogen (secondary N) is 2. The summed E-state index contributed by atoms with van der Waals surface area (Å²) in [4.78, 5) is 23.6. The zero-order valence-corrected chi connectivity index (χ0v) is 22.6. The Labute approximate surface area is 202 Å². The Morgan fingerprint density at radius 1 is 1.20 bits per heavy atom. The van der Waals surface area contributed by atoms with E-state index in [1.165, 1.54) is 6.42 Å².